The number of nitrogens with one attached hydrogen (secondary N) is 2. The number of benzene rings is 2. The first-order valence-electron chi connectivity index (χ1n) is 7.71. The third kappa shape index (κ3) is 3.01. The Bertz CT molecular complexity index is 863. The largest absolute Gasteiger partial charge is 0.345 e. The van der Waals surface area contributed by atoms with Gasteiger partial charge in [-0.1, -0.05) is 37.3 Å². The monoisotopic (exact) mass is 305 g/mol. The number of nitrogens with zero attached hydrogens (tertiary/aromatic N) is 1. The Balaban J connectivity index is 2.13. The van der Waals surface area contributed by atoms with E-state index >= 15 is 0 Å². The van der Waals surface area contributed by atoms with Crippen LogP contribution in [0.1, 0.15) is 31.5 Å². The SMILES string of the molecule is CC=C(c1cnc[nH]1)c1cccc2ccc(NC(=O)CC)cc12. The summed E-state index contributed by atoms with van der Waals surface area (Å²) in [5.41, 5.74) is 3.99. The van der Waals surface area contributed by atoms with Crippen LogP contribution in [0, 0.1) is 0 Å². The lowest BCUT2D eigenvalue weighted by Crippen LogP contribution is -2.09. The van der Waals surface area contributed by atoms with E-state index in [1.165, 1.54) is 0 Å². The molecule has 0 aliphatic rings. The Morgan fingerprint density at radius 1 is 1.30 bits per heavy atom. The highest BCUT2D eigenvalue weighted by atomic mass is 16.1. The van der Waals surface area contributed by atoms with Crippen molar-refractivity contribution in [2.45, 2.75) is 20.3 Å². The van der Waals surface area contributed by atoms with Crippen molar-refractivity contribution in [3.05, 3.63) is 66.3 Å². The Labute approximate surface area is 135 Å². The summed E-state index contributed by atoms with van der Waals surface area (Å²) in [5.74, 6) is 0.0154. The predicted molar refractivity (Wildman–Crippen MR) is 94.2 cm³/mol. The zero-order valence-electron chi connectivity index (χ0n) is 13.3. The molecule has 4 heteroatoms. The molecular weight excluding hydrogens is 286 g/mol. The van der Waals surface area contributed by atoms with Crippen LogP contribution in [0.15, 0.2) is 55.0 Å². The van der Waals surface area contributed by atoms with E-state index in [0.29, 0.717) is 6.42 Å². The molecule has 2 aromatic carbocycles. The molecule has 0 saturated heterocycles. The van der Waals surface area contributed by atoms with Gasteiger partial charge in [0.1, 0.15) is 0 Å². The lowest BCUT2D eigenvalue weighted by Gasteiger charge is -2.11. The van der Waals surface area contributed by atoms with Gasteiger partial charge in [0.25, 0.3) is 0 Å². The highest BCUT2D eigenvalue weighted by Gasteiger charge is 2.10. The van der Waals surface area contributed by atoms with Crippen LogP contribution >= 0.6 is 0 Å². The van der Waals surface area contributed by atoms with Crippen molar-refractivity contribution >= 4 is 27.9 Å². The maximum Gasteiger partial charge on any atom is 0.224 e. The number of H-pyrrole nitrogens is 1. The maximum atomic E-state index is 11.6. The van der Waals surface area contributed by atoms with Crippen LogP contribution in [0.3, 0.4) is 0 Å². The Morgan fingerprint density at radius 3 is 2.87 bits per heavy atom. The molecule has 0 bridgehead atoms. The number of carbonyl (C=O) groups excluding carboxylic acids is 1. The lowest BCUT2D eigenvalue weighted by molar-refractivity contribution is -0.115. The van der Waals surface area contributed by atoms with Gasteiger partial charge in [0.05, 0.1) is 18.2 Å². The highest BCUT2D eigenvalue weighted by molar-refractivity contribution is 6.00. The van der Waals surface area contributed by atoms with Gasteiger partial charge in [-0.05, 0) is 35.4 Å². The lowest BCUT2D eigenvalue weighted by atomic mass is 9.96. The summed E-state index contributed by atoms with van der Waals surface area (Å²) < 4.78 is 0. The number of imidazole rings is 1. The fourth-order valence-corrected chi connectivity index (χ4v) is 2.69. The average molecular weight is 305 g/mol. The van der Waals surface area contributed by atoms with E-state index in [1.54, 1.807) is 6.33 Å². The summed E-state index contributed by atoms with van der Waals surface area (Å²) in [7, 11) is 0. The van der Waals surface area contributed by atoms with E-state index in [1.807, 2.05) is 44.3 Å². The van der Waals surface area contributed by atoms with Crippen molar-refractivity contribution < 1.29 is 4.79 Å². The second-order valence-corrected chi connectivity index (χ2v) is 5.31. The number of fused-ring (bicyclic) bond motifs is 1. The van der Waals surface area contributed by atoms with Crippen molar-refractivity contribution in [3.8, 4) is 0 Å². The maximum absolute atomic E-state index is 11.6. The molecule has 0 fully saturated rings. The zero-order valence-corrected chi connectivity index (χ0v) is 13.3. The van der Waals surface area contributed by atoms with E-state index in [2.05, 4.69) is 33.5 Å². The molecule has 3 rings (SSSR count). The van der Waals surface area contributed by atoms with Gasteiger partial charge in [-0.15, -0.1) is 0 Å². The van der Waals surface area contributed by atoms with Crippen molar-refractivity contribution in [1.29, 1.82) is 0 Å². The van der Waals surface area contributed by atoms with Gasteiger partial charge in [-0.25, -0.2) is 4.98 Å². The molecule has 116 valence electrons. The van der Waals surface area contributed by atoms with Gasteiger partial charge in [0.2, 0.25) is 5.91 Å². The van der Waals surface area contributed by atoms with Crippen molar-refractivity contribution in [3.63, 3.8) is 0 Å². The van der Waals surface area contributed by atoms with Crippen LogP contribution in [0.25, 0.3) is 16.3 Å². The fourth-order valence-electron chi connectivity index (χ4n) is 2.69. The molecule has 0 radical (unpaired) electrons. The molecule has 0 aliphatic heterocycles. The Kier molecular flexibility index (Phi) is 4.24. The van der Waals surface area contributed by atoms with Gasteiger partial charge >= 0.3 is 0 Å². The number of carbonyl (C=O) groups is 1. The summed E-state index contributed by atoms with van der Waals surface area (Å²) in [6.45, 7) is 3.86. The van der Waals surface area contributed by atoms with E-state index in [-0.39, 0.29) is 5.91 Å². The van der Waals surface area contributed by atoms with Gasteiger partial charge in [0, 0.05) is 17.7 Å². The number of hydrogen-bond acceptors (Lipinski definition) is 2. The minimum Gasteiger partial charge on any atom is -0.345 e. The van der Waals surface area contributed by atoms with E-state index in [9.17, 15) is 4.79 Å². The Hall–Kier alpha value is -2.88. The average Bonchev–Trinajstić information content (AvgIpc) is 3.10. The van der Waals surface area contributed by atoms with E-state index in [0.717, 1.165) is 33.3 Å². The molecule has 0 saturated carbocycles. The fraction of sp³-hybridized carbons (Fsp3) is 0.158. The third-order valence-corrected chi connectivity index (χ3v) is 3.85. The smallest absolute Gasteiger partial charge is 0.224 e. The number of amides is 1. The number of rotatable bonds is 4. The van der Waals surface area contributed by atoms with Gasteiger partial charge in [-0.2, -0.15) is 0 Å². The molecule has 2 N–H and O–H groups in total. The molecule has 0 unspecified atom stereocenters. The van der Waals surface area contributed by atoms with Crippen molar-refractivity contribution in [1.82, 2.24) is 9.97 Å². The summed E-state index contributed by atoms with van der Waals surface area (Å²) in [6, 6.07) is 12.2. The number of allylic oxidation sites excluding steroid dienone is 1. The first-order chi connectivity index (χ1) is 11.2. The van der Waals surface area contributed by atoms with Gasteiger partial charge < -0.3 is 10.3 Å². The molecule has 1 aromatic heterocycles. The first kappa shape index (κ1) is 15.0. The van der Waals surface area contributed by atoms with Gasteiger partial charge in [0.15, 0.2) is 0 Å². The first-order valence-corrected chi connectivity index (χ1v) is 7.71. The van der Waals surface area contributed by atoms with Crippen LogP contribution in [0.2, 0.25) is 0 Å². The predicted octanol–water partition coefficient (Wildman–Crippen LogP) is 4.36. The second-order valence-electron chi connectivity index (χ2n) is 5.31. The van der Waals surface area contributed by atoms with E-state index < -0.39 is 0 Å². The van der Waals surface area contributed by atoms with Crippen LogP contribution in [0.4, 0.5) is 5.69 Å². The van der Waals surface area contributed by atoms with Crippen LogP contribution < -0.4 is 5.32 Å². The summed E-state index contributed by atoms with van der Waals surface area (Å²) in [4.78, 5) is 18.9. The highest BCUT2D eigenvalue weighted by Crippen LogP contribution is 2.30. The number of hydrogen-bond donors (Lipinski definition) is 2. The summed E-state index contributed by atoms with van der Waals surface area (Å²) in [5, 5.41) is 5.16. The summed E-state index contributed by atoms with van der Waals surface area (Å²) >= 11 is 0. The molecule has 0 aliphatic carbocycles. The Morgan fingerprint density at radius 2 is 2.17 bits per heavy atom. The van der Waals surface area contributed by atoms with E-state index in [4.69, 9.17) is 0 Å². The molecule has 0 spiro atoms. The topological polar surface area (TPSA) is 57.8 Å². The third-order valence-electron chi connectivity index (χ3n) is 3.85. The minimum absolute atomic E-state index is 0.0154. The van der Waals surface area contributed by atoms with Crippen LogP contribution in [-0.2, 0) is 4.79 Å². The van der Waals surface area contributed by atoms with Crippen molar-refractivity contribution in [2.24, 2.45) is 0 Å². The molecule has 3 aromatic rings. The second kappa shape index (κ2) is 6.48. The zero-order chi connectivity index (χ0) is 16.2. The minimum atomic E-state index is 0.0154. The molecule has 4 nitrogen and oxygen atoms in total. The van der Waals surface area contributed by atoms with Crippen molar-refractivity contribution in [2.75, 3.05) is 5.32 Å². The standard InChI is InChI=1S/C19H19N3O/c1-3-15(18-11-20-12-21-18)16-7-5-6-13-8-9-14(10-17(13)16)22-19(23)4-2/h3,5-12H,4H2,1-2H3,(H,20,21)(H,22,23). The summed E-state index contributed by atoms with van der Waals surface area (Å²) in [6.07, 6.45) is 6.03. The molecule has 23 heavy (non-hydrogen) atoms. The van der Waals surface area contributed by atoms with Gasteiger partial charge in [-0.3, -0.25) is 4.79 Å². The number of anilines is 1. The number of aromatic nitrogens is 2. The molecule has 1 amide bonds. The molecular formula is C19H19N3O. The normalized spacial score (nSPS) is 11.7. The van der Waals surface area contributed by atoms with Crippen LogP contribution in [-0.4, -0.2) is 15.9 Å². The number of aromatic amines is 1. The molecule has 1 heterocycles. The van der Waals surface area contributed by atoms with Crippen LogP contribution in [0.5, 0.6) is 0 Å². The quantitative estimate of drug-likeness (QED) is 0.752. The molecule has 0 atom stereocenters.